The molecule has 0 aromatic carbocycles. The van der Waals surface area contributed by atoms with Crippen LogP contribution in [0, 0.1) is 5.92 Å². The van der Waals surface area contributed by atoms with Crippen molar-refractivity contribution < 1.29 is 4.52 Å². The Labute approximate surface area is 99.6 Å². The summed E-state index contributed by atoms with van der Waals surface area (Å²) < 4.78 is 5.39. The van der Waals surface area contributed by atoms with Gasteiger partial charge in [-0.25, -0.2) is 0 Å². The molecule has 3 heterocycles. The predicted octanol–water partition coefficient (Wildman–Crippen LogP) is 2.31. The number of nitrogens with one attached hydrogen (secondary N) is 1. The fraction of sp³-hybridized carbons (Fsp3) is 0.818. The van der Waals surface area contributed by atoms with Gasteiger partial charge >= 0.3 is 0 Å². The first-order valence-corrected chi connectivity index (χ1v) is 7.08. The number of rotatable bonds is 2. The Morgan fingerprint density at radius 1 is 1.44 bits per heavy atom. The van der Waals surface area contributed by atoms with Crippen molar-refractivity contribution >= 4 is 11.8 Å². The summed E-state index contributed by atoms with van der Waals surface area (Å²) in [5, 5.41) is 8.02. The van der Waals surface area contributed by atoms with Gasteiger partial charge in [0.25, 0.3) is 0 Å². The van der Waals surface area contributed by atoms with Crippen molar-refractivity contribution in [2.45, 2.75) is 37.5 Å². The molecule has 2 saturated heterocycles. The minimum atomic E-state index is 0.271. The van der Waals surface area contributed by atoms with Crippen LogP contribution >= 0.6 is 11.8 Å². The highest BCUT2D eigenvalue weighted by Crippen LogP contribution is 2.39. The first-order valence-electron chi connectivity index (χ1n) is 6.03. The Balaban J connectivity index is 1.76. The van der Waals surface area contributed by atoms with Gasteiger partial charge in [-0.15, -0.1) is 0 Å². The number of hydrogen-bond donors (Lipinski definition) is 1. The molecule has 2 aliphatic rings. The van der Waals surface area contributed by atoms with Crippen LogP contribution in [0.3, 0.4) is 0 Å². The maximum absolute atomic E-state index is 5.39. The Morgan fingerprint density at radius 2 is 2.38 bits per heavy atom. The molecule has 0 saturated carbocycles. The molecule has 0 radical (unpaired) electrons. The van der Waals surface area contributed by atoms with E-state index in [-0.39, 0.29) is 6.04 Å². The second-order valence-corrected chi connectivity index (χ2v) is 6.00. The summed E-state index contributed by atoms with van der Waals surface area (Å²) >= 11 is 1.95. The van der Waals surface area contributed by atoms with Crippen molar-refractivity contribution in [1.29, 1.82) is 0 Å². The van der Waals surface area contributed by atoms with Gasteiger partial charge in [0.1, 0.15) is 0 Å². The highest BCUT2D eigenvalue weighted by Gasteiger charge is 2.31. The van der Waals surface area contributed by atoms with Gasteiger partial charge in [-0.1, -0.05) is 12.1 Å². The molecule has 2 fully saturated rings. The van der Waals surface area contributed by atoms with E-state index < -0.39 is 0 Å². The average molecular weight is 239 g/mol. The summed E-state index contributed by atoms with van der Waals surface area (Å²) in [5.74, 6) is 3.52. The van der Waals surface area contributed by atoms with Crippen molar-refractivity contribution in [2.24, 2.45) is 5.92 Å². The second kappa shape index (κ2) is 4.37. The van der Waals surface area contributed by atoms with Crippen LogP contribution in [0.2, 0.25) is 0 Å². The Morgan fingerprint density at radius 3 is 3.06 bits per heavy atom. The van der Waals surface area contributed by atoms with E-state index in [4.69, 9.17) is 4.52 Å². The van der Waals surface area contributed by atoms with Gasteiger partial charge in [-0.2, -0.15) is 16.7 Å². The zero-order valence-corrected chi connectivity index (χ0v) is 10.3. The lowest BCUT2D eigenvalue weighted by molar-refractivity contribution is 0.316. The van der Waals surface area contributed by atoms with E-state index in [2.05, 4.69) is 22.4 Å². The standard InChI is InChI=1S/C11H17N3OS/c1-7-4-5-12-9(7)11-13-10(14-15-11)8-3-2-6-16-8/h7-9,12H,2-6H2,1H3. The van der Waals surface area contributed by atoms with Crippen molar-refractivity contribution in [3.63, 3.8) is 0 Å². The Hall–Kier alpha value is -0.550. The molecule has 3 rings (SSSR count). The van der Waals surface area contributed by atoms with E-state index in [9.17, 15) is 0 Å². The summed E-state index contributed by atoms with van der Waals surface area (Å²) in [6.07, 6.45) is 3.66. The normalized spacial score (nSPS) is 34.7. The third-order valence-corrected chi connectivity index (χ3v) is 4.85. The maximum Gasteiger partial charge on any atom is 0.244 e. The zero-order chi connectivity index (χ0) is 11.0. The zero-order valence-electron chi connectivity index (χ0n) is 9.48. The summed E-state index contributed by atoms with van der Waals surface area (Å²) in [4.78, 5) is 4.56. The highest BCUT2D eigenvalue weighted by atomic mass is 32.2. The minimum Gasteiger partial charge on any atom is -0.338 e. The predicted molar refractivity (Wildman–Crippen MR) is 63.3 cm³/mol. The fourth-order valence-corrected chi connectivity index (χ4v) is 3.65. The second-order valence-electron chi connectivity index (χ2n) is 4.69. The van der Waals surface area contributed by atoms with Gasteiger partial charge in [-0.3, -0.25) is 0 Å². The highest BCUT2D eigenvalue weighted by molar-refractivity contribution is 7.99. The van der Waals surface area contributed by atoms with Crippen LogP contribution in [0.25, 0.3) is 0 Å². The number of thioether (sulfide) groups is 1. The van der Waals surface area contributed by atoms with Crippen LogP contribution in [0.15, 0.2) is 4.52 Å². The molecule has 88 valence electrons. The topological polar surface area (TPSA) is 51.0 Å². The summed E-state index contributed by atoms with van der Waals surface area (Å²) in [6, 6.07) is 0.271. The van der Waals surface area contributed by atoms with E-state index in [0.717, 1.165) is 18.3 Å². The third-order valence-electron chi connectivity index (χ3n) is 3.47. The van der Waals surface area contributed by atoms with Crippen LogP contribution in [0.5, 0.6) is 0 Å². The van der Waals surface area contributed by atoms with Gasteiger partial charge in [0, 0.05) is 0 Å². The molecule has 1 aromatic heterocycles. The van der Waals surface area contributed by atoms with E-state index in [1.807, 2.05) is 11.8 Å². The molecule has 0 amide bonds. The third kappa shape index (κ3) is 1.86. The number of aromatic nitrogens is 2. The molecule has 2 aliphatic heterocycles. The first kappa shape index (κ1) is 10.6. The van der Waals surface area contributed by atoms with Crippen LogP contribution in [-0.4, -0.2) is 22.4 Å². The largest absolute Gasteiger partial charge is 0.338 e. The van der Waals surface area contributed by atoms with Crippen LogP contribution in [0.4, 0.5) is 0 Å². The smallest absolute Gasteiger partial charge is 0.244 e. The minimum absolute atomic E-state index is 0.271. The summed E-state index contributed by atoms with van der Waals surface area (Å²) in [7, 11) is 0. The lowest BCUT2D eigenvalue weighted by Crippen LogP contribution is -2.16. The van der Waals surface area contributed by atoms with E-state index in [0.29, 0.717) is 11.2 Å². The molecule has 3 atom stereocenters. The van der Waals surface area contributed by atoms with Crippen molar-refractivity contribution in [2.75, 3.05) is 12.3 Å². The quantitative estimate of drug-likeness (QED) is 0.858. The van der Waals surface area contributed by atoms with Gasteiger partial charge in [-0.05, 0) is 37.5 Å². The monoisotopic (exact) mass is 239 g/mol. The molecule has 1 N–H and O–H groups in total. The molecule has 4 nitrogen and oxygen atoms in total. The molecule has 1 aromatic rings. The van der Waals surface area contributed by atoms with Gasteiger partial charge in [0.2, 0.25) is 5.89 Å². The Kier molecular flexibility index (Phi) is 2.90. The van der Waals surface area contributed by atoms with E-state index >= 15 is 0 Å². The van der Waals surface area contributed by atoms with Crippen molar-refractivity contribution in [1.82, 2.24) is 15.5 Å². The van der Waals surface area contributed by atoms with Crippen molar-refractivity contribution in [3.8, 4) is 0 Å². The number of hydrogen-bond acceptors (Lipinski definition) is 5. The van der Waals surface area contributed by atoms with Gasteiger partial charge in [0.05, 0.1) is 11.3 Å². The van der Waals surface area contributed by atoms with Crippen molar-refractivity contribution in [3.05, 3.63) is 11.7 Å². The first-order chi connectivity index (χ1) is 7.84. The molecule has 0 bridgehead atoms. The summed E-state index contributed by atoms with van der Waals surface area (Å²) in [5.41, 5.74) is 0. The molecule has 5 heteroatoms. The molecule has 3 unspecified atom stereocenters. The van der Waals surface area contributed by atoms with Crippen LogP contribution in [0.1, 0.15) is 49.2 Å². The molecule has 0 aliphatic carbocycles. The fourth-order valence-electron chi connectivity index (χ4n) is 2.45. The van der Waals surface area contributed by atoms with E-state index in [1.165, 1.54) is 25.0 Å². The molecule has 0 spiro atoms. The van der Waals surface area contributed by atoms with Gasteiger partial charge < -0.3 is 9.84 Å². The maximum atomic E-state index is 5.39. The number of nitrogens with zero attached hydrogens (tertiary/aromatic N) is 2. The lowest BCUT2D eigenvalue weighted by Gasteiger charge is -2.09. The molecule has 16 heavy (non-hydrogen) atoms. The Bertz CT molecular complexity index is 362. The summed E-state index contributed by atoms with van der Waals surface area (Å²) in [6.45, 7) is 3.29. The SMILES string of the molecule is CC1CCNC1c1nc(C2CCCS2)no1. The average Bonchev–Trinajstić information content (AvgIpc) is 2.96. The molecular weight excluding hydrogens is 222 g/mol. The lowest BCUT2D eigenvalue weighted by atomic mass is 10.0. The van der Waals surface area contributed by atoms with Gasteiger partial charge in [0.15, 0.2) is 5.82 Å². The van der Waals surface area contributed by atoms with Crippen LogP contribution in [-0.2, 0) is 0 Å². The van der Waals surface area contributed by atoms with E-state index in [1.54, 1.807) is 0 Å². The van der Waals surface area contributed by atoms with Crippen LogP contribution < -0.4 is 5.32 Å². The molecular formula is C11H17N3OS.